The Morgan fingerprint density at radius 3 is 2.21 bits per heavy atom. The fraction of sp³-hybridized carbons (Fsp3) is 0.909. The normalized spacial score (nSPS) is 31.2. The molecule has 0 spiro atoms. The molecule has 1 amide bonds. The number of rotatable bonds is 2. The molecule has 1 saturated carbocycles. The summed E-state index contributed by atoms with van der Waals surface area (Å²) < 4.78 is 0. The van der Waals surface area contributed by atoms with Crippen LogP contribution in [0.2, 0.25) is 0 Å². The molecule has 2 atom stereocenters. The van der Waals surface area contributed by atoms with E-state index in [4.69, 9.17) is 5.73 Å². The second-order valence-corrected chi connectivity index (χ2v) is 5.40. The third-order valence-corrected chi connectivity index (χ3v) is 3.86. The van der Waals surface area contributed by atoms with Crippen molar-refractivity contribution in [2.45, 2.75) is 26.7 Å². The standard InChI is InChI=1S/C11H20N2O/c1-11(2,7-12)10(14)13-5-8-3-4-9(8)6-13/h8-9H,3-7,12H2,1-2H3. The van der Waals surface area contributed by atoms with Crippen LogP contribution >= 0.6 is 0 Å². The van der Waals surface area contributed by atoms with Crippen LogP contribution in [0.1, 0.15) is 26.7 Å². The molecule has 2 aliphatic rings. The second kappa shape index (κ2) is 3.23. The molecular formula is C11H20N2O. The van der Waals surface area contributed by atoms with Crippen molar-refractivity contribution < 1.29 is 4.79 Å². The van der Waals surface area contributed by atoms with E-state index in [1.807, 2.05) is 18.7 Å². The lowest BCUT2D eigenvalue weighted by Gasteiger charge is -2.27. The molecule has 0 aromatic heterocycles. The van der Waals surface area contributed by atoms with Gasteiger partial charge in [-0.15, -0.1) is 0 Å². The summed E-state index contributed by atoms with van der Waals surface area (Å²) >= 11 is 0. The topological polar surface area (TPSA) is 46.3 Å². The van der Waals surface area contributed by atoms with Gasteiger partial charge < -0.3 is 10.6 Å². The van der Waals surface area contributed by atoms with Crippen LogP contribution in [-0.4, -0.2) is 30.4 Å². The zero-order valence-electron chi connectivity index (χ0n) is 9.12. The van der Waals surface area contributed by atoms with Crippen molar-refractivity contribution in [3.05, 3.63) is 0 Å². The lowest BCUT2D eigenvalue weighted by atomic mass is 9.77. The number of amides is 1. The van der Waals surface area contributed by atoms with Gasteiger partial charge in [-0.2, -0.15) is 0 Å². The van der Waals surface area contributed by atoms with Crippen molar-refractivity contribution in [2.75, 3.05) is 19.6 Å². The fourth-order valence-electron chi connectivity index (χ4n) is 2.44. The van der Waals surface area contributed by atoms with E-state index in [1.54, 1.807) is 0 Å². The van der Waals surface area contributed by atoms with Gasteiger partial charge in [0.2, 0.25) is 5.91 Å². The highest BCUT2D eigenvalue weighted by Gasteiger charge is 2.43. The van der Waals surface area contributed by atoms with Gasteiger partial charge in [0.25, 0.3) is 0 Å². The minimum absolute atomic E-state index is 0.245. The lowest BCUT2D eigenvalue weighted by molar-refractivity contribution is -0.138. The number of fused-ring (bicyclic) bond motifs is 1. The number of nitrogens with zero attached hydrogens (tertiary/aromatic N) is 1. The first-order valence-electron chi connectivity index (χ1n) is 5.54. The first-order valence-corrected chi connectivity index (χ1v) is 5.54. The first kappa shape index (κ1) is 9.97. The van der Waals surface area contributed by atoms with E-state index in [1.165, 1.54) is 12.8 Å². The van der Waals surface area contributed by atoms with Crippen LogP contribution in [0.5, 0.6) is 0 Å². The van der Waals surface area contributed by atoms with E-state index in [2.05, 4.69) is 0 Å². The third kappa shape index (κ3) is 1.44. The summed E-state index contributed by atoms with van der Waals surface area (Å²) in [6.45, 7) is 6.28. The Bertz CT molecular complexity index is 238. The Balaban J connectivity index is 1.99. The van der Waals surface area contributed by atoms with Gasteiger partial charge in [0.05, 0.1) is 5.41 Å². The van der Waals surface area contributed by atoms with Crippen LogP contribution in [0.25, 0.3) is 0 Å². The number of carbonyl (C=O) groups excluding carboxylic acids is 1. The van der Waals surface area contributed by atoms with Crippen molar-refractivity contribution in [3.8, 4) is 0 Å². The second-order valence-electron chi connectivity index (χ2n) is 5.40. The molecule has 0 aromatic rings. The summed E-state index contributed by atoms with van der Waals surface area (Å²) in [6.07, 6.45) is 2.63. The summed E-state index contributed by atoms with van der Waals surface area (Å²) in [5.74, 6) is 1.84. The molecule has 2 unspecified atom stereocenters. The SMILES string of the molecule is CC(C)(CN)C(=O)N1CC2CCC2C1. The fourth-order valence-corrected chi connectivity index (χ4v) is 2.44. The van der Waals surface area contributed by atoms with Gasteiger partial charge in [0.1, 0.15) is 0 Å². The lowest BCUT2D eigenvalue weighted by Crippen LogP contribution is -2.43. The van der Waals surface area contributed by atoms with Gasteiger partial charge in [-0.25, -0.2) is 0 Å². The summed E-state index contributed by atoms with van der Waals surface area (Å²) in [4.78, 5) is 14.1. The predicted octanol–water partition coefficient (Wildman–Crippen LogP) is 0.840. The van der Waals surface area contributed by atoms with Crippen molar-refractivity contribution in [3.63, 3.8) is 0 Å². The van der Waals surface area contributed by atoms with E-state index >= 15 is 0 Å². The van der Waals surface area contributed by atoms with Crippen molar-refractivity contribution in [2.24, 2.45) is 23.0 Å². The molecule has 3 nitrogen and oxygen atoms in total. The largest absolute Gasteiger partial charge is 0.342 e. The van der Waals surface area contributed by atoms with Crippen LogP contribution in [0.3, 0.4) is 0 Å². The number of hydrogen-bond donors (Lipinski definition) is 1. The van der Waals surface area contributed by atoms with Gasteiger partial charge >= 0.3 is 0 Å². The Morgan fingerprint density at radius 2 is 1.86 bits per heavy atom. The quantitative estimate of drug-likeness (QED) is 0.711. The molecule has 2 N–H and O–H groups in total. The van der Waals surface area contributed by atoms with Crippen molar-refractivity contribution in [1.82, 2.24) is 4.90 Å². The molecule has 1 saturated heterocycles. The molecule has 14 heavy (non-hydrogen) atoms. The summed E-state index contributed by atoms with van der Waals surface area (Å²) in [7, 11) is 0. The number of carbonyl (C=O) groups is 1. The van der Waals surface area contributed by atoms with Crippen LogP contribution in [0, 0.1) is 17.3 Å². The highest BCUT2D eigenvalue weighted by atomic mass is 16.2. The summed E-state index contributed by atoms with van der Waals surface area (Å²) in [5.41, 5.74) is 5.24. The third-order valence-electron chi connectivity index (χ3n) is 3.86. The van der Waals surface area contributed by atoms with Crippen LogP contribution < -0.4 is 5.73 Å². The zero-order chi connectivity index (χ0) is 10.3. The van der Waals surface area contributed by atoms with Gasteiger partial charge in [-0.3, -0.25) is 4.79 Å². The van der Waals surface area contributed by atoms with E-state index in [9.17, 15) is 4.79 Å². The Kier molecular flexibility index (Phi) is 2.30. The van der Waals surface area contributed by atoms with Gasteiger partial charge in [-0.1, -0.05) is 0 Å². The number of nitrogens with two attached hydrogens (primary N) is 1. The van der Waals surface area contributed by atoms with Crippen molar-refractivity contribution in [1.29, 1.82) is 0 Å². The van der Waals surface area contributed by atoms with E-state index < -0.39 is 0 Å². The predicted molar refractivity (Wildman–Crippen MR) is 55.6 cm³/mol. The maximum Gasteiger partial charge on any atom is 0.229 e. The maximum atomic E-state index is 12.1. The minimum Gasteiger partial charge on any atom is -0.342 e. The van der Waals surface area contributed by atoms with Crippen LogP contribution in [0.4, 0.5) is 0 Å². The molecule has 0 bridgehead atoms. The molecule has 3 heteroatoms. The van der Waals surface area contributed by atoms with E-state index in [0.29, 0.717) is 6.54 Å². The monoisotopic (exact) mass is 196 g/mol. The molecule has 1 aliphatic heterocycles. The van der Waals surface area contributed by atoms with Gasteiger partial charge in [0.15, 0.2) is 0 Å². The average Bonchev–Trinajstić information content (AvgIpc) is 2.42. The Labute approximate surface area is 85.6 Å². The molecule has 0 radical (unpaired) electrons. The minimum atomic E-state index is -0.371. The van der Waals surface area contributed by atoms with Crippen LogP contribution in [0.15, 0.2) is 0 Å². The Hall–Kier alpha value is -0.570. The molecule has 2 fully saturated rings. The molecule has 1 aliphatic carbocycles. The number of likely N-dealkylation sites (tertiary alicyclic amines) is 1. The highest BCUT2D eigenvalue weighted by Crippen LogP contribution is 2.41. The molecule has 1 heterocycles. The Morgan fingerprint density at radius 1 is 1.36 bits per heavy atom. The molecular weight excluding hydrogens is 176 g/mol. The average molecular weight is 196 g/mol. The van der Waals surface area contributed by atoms with Gasteiger partial charge in [-0.05, 0) is 38.5 Å². The number of hydrogen-bond acceptors (Lipinski definition) is 2. The molecule has 80 valence electrons. The molecule has 0 aromatic carbocycles. The van der Waals surface area contributed by atoms with E-state index in [0.717, 1.165) is 24.9 Å². The smallest absolute Gasteiger partial charge is 0.229 e. The van der Waals surface area contributed by atoms with Crippen molar-refractivity contribution >= 4 is 5.91 Å². The first-order chi connectivity index (χ1) is 6.54. The van der Waals surface area contributed by atoms with Crippen LogP contribution in [-0.2, 0) is 4.79 Å². The molecule has 2 rings (SSSR count). The summed E-state index contributed by atoms with van der Waals surface area (Å²) in [5, 5.41) is 0. The zero-order valence-corrected chi connectivity index (χ0v) is 9.12. The summed E-state index contributed by atoms with van der Waals surface area (Å²) in [6, 6.07) is 0. The van der Waals surface area contributed by atoms with Gasteiger partial charge in [0, 0.05) is 19.6 Å². The van der Waals surface area contributed by atoms with E-state index in [-0.39, 0.29) is 11.3 Å². The highest BCUT2D eigenvalue weighted by molar-refractivity contribution is 5.82. The maximum absolute atomic E-state index is 12.1.